The normalized spacial score (nSPS) is 38.8. The summed E-state index contributed by atoms with van der Waals surface area (Å²) >= 11 is 0. The smallest absolute Gasteiger partial charge is 0.123 e. The van der Waals surface area contributed by atoms with Crippen LogP contribution in [0.5, 0.6) is 0 Å². The zero-order chi connectivity index (χ0) is 9.65. The maximum atomic E-state index is 6.06. The summed E-state index contributed by atoms with van der Waals surface area (Å²) in [7, 11) is 0. The first-order valence-electron chi connectivity index (χ1n) is 5.74. The first-order valence-corrected chi connectivity index (χ1v) is 5.74. The minimum Gasteiger partial charge on any atom is -0.381 e. The van der Waals surface area contributed by atoms with Crippen LogP contribution >= 0.6 is 0 Å². The molecule has 2 saturated heterocycles. The van der Waals surface area contributed by atoms with Gasteiger partial charge in [0.05, 0.1) is 19.8 Å². The molecule has 3 nitrogen and oxygen atoms in total. The highest BCUT2D eigenvalue weighted by atomic mass is 16.5. The number of hydrogen-bond acceptors (Lipinski definition) is 3. The highest BCUT2D eigenvalue weighted by molar-refractivity contribution is 5.06. The Hall–Kier alpha value is -0.120. The Morgan fingerprint density at radius 3 is 2.43 bits per heavy atom. The minimum atomic E-state index is -0.0501. The van der Waals surface area contributed by atoms with Gasteiger partial charge in [-0.25, -0.2) is 0 Å². The lowest BCUT2D eigenvalue weighted by Crippen LogP contribution is -2.62. The van der Waals surface area contributed by atoms with Gasteiger partial charge < -0.3 is 9.47 Å². The Morgan fingerprint density at radius 1 is 1.14 bits per heavy atom. The van der Waals surface area contributed by atoms with Crippen molar-refractivity contribution in [1.82, 2.24) is 5.32 Å². The van der Waals surface area contributed by atoms with Gasteiger partial charge in [0.25, 0.3) is 0 Å². The van der Waals surface area contributed by atoms with E-state index in [4.69, 9.17) is 9.47 Å². The van der Waals surface area contributed by atoms with Crippen molar-refractivity contribution in [2.24, 2.45) is 5.41 Å². The fraction of sp³-hybridized carbons (Fsp3) is 1.00. The molecule has 1 saturated carbocycles. The summed E-state index contributed by atoms with van der Waals surface area (Å²) in [4.78, 5) is 0. The van der Waals surface area contributed by atoms with E-state index in [2.05, 4.69) is 12.2 Å². The lowest BCUT2D eigenvalue weighted by molar-refractivity contribution is -0.178. The molecule has 1 atom stereocenters. The zero-order valence-electron chi connectivity index (χ0n) is 8.84. The molecule has 0 amide bonds. The monoisotopic (exact) mass is 197 g/mol. The Balaban J connectivity index is 1.71. The molecule has 3 fully saturated rings. The highest BCUT2D eigenvalue weighted by Gasteiger charge is 2.54. The van der Waals surface area contributed by atoms with E-state index in [1.165, 1.54) is 12.8 Å². The Bertz CT molecular complexity index is 231. The van der Waals surface area contributed by atoms with E-state index < -0.39 is 0 Å². The van der Waals surface area contributed by atoms with E-state index >= 15 is 0 Å². The predicted octanol–water partition coefficient (Wildman–Crippen LogP) is 1.28. The maximum Gasteiger partial charge on any atom is 0.123 e. The van der Waals surface area contributed by atoms with Crippen molar-refractivity contribution >= 4 is 0 Å². The molecule has 14 heavy (non-hydrogen) atoms. The van der Waals surface area contributed by atoms with Gasteiger partial charge in [-0.2, -0.15) is 0 Å². The largest absolute Gasteiger partial charge is 0.381 e. The summed E-state index contributed by atoms with van der Waals surface area (Å²) in [6, 6.07) is 0.620. The molecule has 1 aliphatic carbocycles. The summed E-state index contributed by atoms with van der Waals surface area (Å²) in [5.74, 6) is 0. The fourth-order valence-corrected chi connectivity index (χ4v) is 2.72. The Kier molecular flexibility index (Phi) is 1.92. The molecule has 80 valence electrons. The standard InChI is InChI=1S/C11H19NO2/c1-9-10(2-3-10)8-14-11(12-9)4-6-13-7-5-11/h9,12H,2-8H2,1H3. The zero-order valence-corrected chi connectivity index (χ0v) is 8.84. The molecule has 0 aromatic rings. The molecule has 0 aromatic heterocycles. The molecule has 1 N–H and O–H groups in total. The molecule has 3 aliphatic rings. The average molecular weight is 197 g/mol. The number of rotatable bonds is 0. The first kappa shape index (κ1) is 9.13. The van der Waals surface area contributed by atoms with Crippen molar-refractivity contribution in [3.8, 4) is 0 Å². The lowest BCUT2D eigenvalue weighted by atomic mass is 9.91. The van der Waals surface area contributed by atoms with Crippen molar-refractivity contribution < 1.29 is 9.47 Å². The molecule has 2 heterocycles. The summed E-state index contributed by atoms with van der Waals surface area (Å²) in [5, 5.41) is 3.68. The third-order valence-electron chi connectivity index (χ3n) is 4.23. The fourth-order valence-electron chi connectivity index (χ4n) is 2.72. The summed E-state index contributed by atoms with van der Waals surface area (Å²) in [6.07, 6.45) is 4.70. The van der Waals surface area contributed by atoms with E-state index in [1.54, 1.807) is 0 Å². The van der Waals surface area contributed by atoms with E-state index in [-0.39, 0.29) is 5.72 Å². The Morgan fingerprint density at radius 2 is 1.86 bits per heavy atom. The van der Waals surface area contributed by atoms with Gasteiger partial charge in [0, 0.05) is 24.3 Å². The second-order valence-corrected chi connectivity index (χ2v) is 5.12. The second-order valence-electron chi connectivity index (χ2n) is 5.12. The third kappa shape index (κ3) is 1.30. The van der Waals surface area contributed by atoms with Gasteiger partial charge in [0.1, 0.15) is 5.72 Å². The molecule has 0 aromatic carbocycles. The van der Waals surface area contributed by atoms with E-state index in [0.29, 0.717) is 11.5 Å². The molecule has 1 unspecified atom stereocenters. The van der Waals surface area contributed by atoms with Crippen molar-refractivity contribution in [2.45, 2.75) is 44.4 Å². The van der Waals surface area contributed by atoms with Crippen molar-refractivity contribution in [3.63, 3.8) is 0 Å². The molecule has 3 rings (SSSR count). The maximum absolute atomic E-state index is 6.06. The molecular weight excluding hydrogens is 178 g/mol. The van der Waals surface area contributed by atoms with Crippen LogP contribution in [0, 0.1) is 5.41 Å². The molecular formula is C11H19NO2. The van der Waals surface area contributed by atoms with E-state index in [1.807, 2.05) is 0 Å². The van der Waals surface area contributed by atoms with Crippen LogP contribution in [0.3, 0.4) is 0 Å². The SMILES string of the molecule is CC1NC2(CCOCC2)OCC12CC2. The lowest BCUT2D eigenvalue weighted by Gasteiger charge is -2.47. The first-order chi connectivity index (χ1) is 6.75. The number of ether oxygens (including phenoxy) is 2. The van der Waals surface area contributed by atoms with Gasteiger partial charge in [-0.1, -0.05) is 0 Å². The van der Waals surface area contributed by atoms with Gasteiger partial charge in [-0.3, -0.25) is 5.32 Å². The second kappa shape index (κ2) is 2.94. The van der Waals surface area contributed by atoms with Crippen LogP contribution in [0.1, 0.15) is 32.6 Å². The molecule has 0 radical (unpaired) electrons. The van der Waals surface area contributed by atoms with Crippen LogP contribution in [0.2, 0.25) is 0 Å². The number of hydrogen-bond donors (Lipinski definition) is 1. The van der Waals surface area contributed by atoms with Gasteiger partial charge in [-0.05, 0) is 19.8 Å². The Labute approximate surface area is 85.1 Å². The van der Waals surface area contributed by atoms with Crippen LogP contribution in [0.4, 0.5) is 0 Å². The molecule has 2 aliphatic heterocycles. The van der Waals surface area contributed by atoms with Gasteiger partial charge in [0.15, 0.2) is 0 Å². The summed E-state index contributed by atoms with van der Waals surface area (Å²) in [5.41, 5.74) is 0.440. The van der Waals surface area contributed by atoms with Crippen LogP contribution in [-0.2, 0) is 9.47 Å². The predicted molar refractivity (Wildman–Crippen MR) is 53.0 cm³/mol. The average Bonchev–Trinajstić information content (AvgIpc) is 2.96. The molecule has 3 heteroatoms. The highest BCUT2D eigenvalue weighted by Crippen LogP contribution is 2.52. The van der Waals surface area contributed by atoms with Crippen LogP contribution in [-0.4, -0.2) is 31.6 Å². The van der Waals surface area contributed by atoms with Crippen molar-refractivity contribution in [1.29, 1.82) is 0 Å². The number of nitrogens with one attached hydrogen (secondary N) is 1. The third-order valence-corrected chi connectivity index (χ3v) is 4.23. The van der Waals surface area contributed by atoms with Crippen molar-refractivity contribution in [2.75, 3.05) is 19.8 Å². The van der Waals surface area contributed by atoms with Crippen molar-refractivity contribution in [3.05, 3.63) is 0 Å². The van der Waals surface area contributed by atoms with Gasteiger partial charge in [0.2, 0.25) is 0 Å². The minimum absolute atomic E-state index is 0.0501. The summed E-state index contributed by atoms with van der Waals surface area (Å²) < 4.78 is 11.4. The molecule has 0 bridgehead atoms. The summed E-state index contributed by atoms with van der Waals surface area (Å²) in [6.45, 7) is 4.95. The van der Waals surface area contributed by atoms with Crippen LogP contribution in [0.25, 0.3) is 0 Å². The van der Waals surface area contributed by atoms with Crippen LogP contribution in [0.15, 0.2) is 0 Å². The quantitative estimate of drug-likeness (QED) is 0.634. The van der Waals surface area contributed by atoms with E-state index in [9.17, 15) is 0 Å². The van der Waals surface area contributed by atoms with Gasteiger partial charge in [-0.15, -0.1) is 0 Å². The molecule has 2 spiro atoms. The van der Waals surface area contributed by atoms with Crippen LogP contribution < -0.4 is 5.32 Å². The van der Waals surface area contributed by atoms with Gasteiger partial charge >= 0.3 is 0 Å². The van der Waals surface area contributed by atoms with E-state index in [0.717, 1.165) is 32.7 Å². The topological polar surface area (TPSA) is 30.5 Å².